The van der Waals surface area contributed by atoms with E-state index in [2.05, 4.69) is 156 Å². The summed E-state index contributed by atoms with van der Waals surface area (Å²) in [4.78, 5) is 4.65. The number of anilines is 2. The Balaban J connectivity index is 1.26. The summed E-state index contributed by atoms with van der Waals surface area (Å²) in [6.45, 7) is 0. The molecule has 0 aliphatic heterocycles. The van der Waals surface area contributed by atoms with Gasteiger partial charge in [0, 0.05) is 28.7 Å². The van der Waals surface area contributed by atoms with E-state index in [1.54, 1.807) is 6.07 Å². The van der Waals surface area contributed by atoms with Crippen LogP contribution >= 0.6 is 0 Å². The minimum absolute atomic E-state index is 0.237. The Kier molecular flexibility index (Phi) is 10.3. The molecule has 0 aromatic heterocycles. The van der Waals surface area contributed by atoms with Crippen LogP contribution in [-0.2, 0) is 0 Å². The van der Waals surface area contributed by atoms with Crippen LogP contribution in [0.5, 0.6) is 5.75 Å². The summed E-state index contributed by atoms with van der Waals surface area (Å²) in [5.74, 6) is 0.237. The SMILES string of the molecule is NC(N=Cc1cccc(Nc2cc(-c3ccccc3O)ccc2-c2cccc([Si](c3ccccc3)(c3ccccc3)c3ccccc3)c2)c1)c1ccccc1. The third kappa shape index (κ3) is 7.40. The number of para-hydroxylation sites is 1. The van der Waals surface area contributed by atoms with Crippen molar-refractivity contribution in [2.45, 2.75) is 6.17 Å². The van der Waals surface area contributed by atoms with E-state index in [1.165, 1.54) is 20.7 Å². The summed E-state index contributed by atoms with van der Waals surface area (Å²) in [5.41, 5.74) is 13.9. The van der Waals surface area contributed by atoms with Gasteiger partial charge in [0.1, 0.15) is 11.9 Å². The second-order valence-corrected chi connectivity index (χ2v) is 17.4. The van der Waals surface area contributed by atoms with Gasteiger partial charge in [-0.1, -0.05) is 188 Å². The molecule has 55 heavy (non-hydrogen) atoms. The van der Waals surface area contributed by atoms with Crippen LogP contribution in [0.4, 0.5) is 11.4 Å². The number of hydrogen-bond acceptors (Lipinski definition) is 4. The summed E-state index contributed by atoms with van der Waals surface area (Å²) < 4.78 is 0. The first kappa shape index (κ1) is 35.2. The molecule has 0 saturated heterocycles. The van der Waals surface area contributed by atoms with Gasteiger partial charge >= 0.3 is 0 Å². The molecule has 8 rings (SSSR count). The van der Waals surface area contributed by atoms with Crippen LogP contribution in [0.25, 0.3) is 22.3 Å². The third-order valence-electron chi connectivity index (χ3n) is 10.2. The number of nitrogens with two attached hydrogens (primary N) is 1. The molecule has 5 heteroatoms. The molecule has 8 aromatic rings. The standard InChI is InChI=1S/C50H41N3OSi/c51-50(38-18-5-1-6-19-38)52-36-37-17-15-21-41(33-37)53-48-35-40(47-29-13-14-30-49(47)54)31-32-46(48)39-20-16-28-45(34-39)55(42-22-7-2-8-23-42,43-24-9-3-10-25-43)44-26-11-4-12-27-44/h1-36,50,53-54H,51H2. The normalized spacial score (nSPS) is 12.0. The molecule has 0 heterocycles. The second-order valence-electron chi connectivity index (χ2n) is 13.6. The third-order valence-corrected chi connectivity index (χ3v) is 14.9. The fourth-order valence-electron chi connectivity index (χ4n) is 7.52. The lowest BCUT2D eigenvalue weighted by Gasteiger charge is -2.34. The van der Waals surface area contributed by atoms with Crippen LogP contribution in [0.2, 0.25) is 0 Å². The average molecular weight is 728 g/mol. The van der Waals surface area contributed by atoms with Crippen molar-refractivity contribution in [1.29, 1.82) is 0 Å². The molecular formula is C50H41N3OSi. The first-order valence-electron chi connectivity index (χ1n) is 18.5. The first-order chi connectivity index (χ1) is 27.1. The average Bonchev–Trinajstić information content (AvgIpc) is 3.25. The number of benzene rings is 8. The van der Waals surface area contributed by atoms with E-state index in [0.717, 1.165) is 44.8 Å². The highest BCUT2D eigenvalue weighted by molar-refractivity contribution is 7.19. The van der Waals surface area contributed by atoms with Crippen molar-refractivity contribution < 1.29 is 5.11 Å². The summed E-state index contributed by atoms with van der Waals surface area (Å²) in [7, 11) is -2.76. The van der Waals surface area contributed by atoms with Crippen molar-refractivity contribution in [3.63, 3.8) is 0 Å². The monoisotopic (exact) mass is 727 g/mol. The van der Waals surface area contributed by atoms with Crippen molar-refractivity contribution >= 4 is 46.4 Å². The van der Waals surface area contributed by atoms with Gasteiger partial charge in [0.2, 0.25) is 0 Å². The van der Waals surface area contributed by atoms with Crippen molar-refractivity contribution in [3.05, 3.63) is 223 Å². The van der Waals surface area contributed by atoms with Gasteiger partial charge in [-0.25, -0.2) is 0 Å². The van der Waals surface area contributed by atoms with Crippen LogP contribution in [0.15, 0.2) is 217 Å². The molecule has 1 atom stereocenters. The lowest BCUT2D eigenvalue weighted by molar-refractivity contribution is 0.477. The predicted octanol–water partition coefficient (Wildman–Crippen LogP) is 8.92. The Morgan fingerprint density at radius 1 is 0.491 bits per heavy atom. The number of rotatable bonds is 11. The van der Waals surface area contributed by atoms with Crippen LogP contribution in [0.3, 0.4) is 0 Å². The van der Waals surface area contributed by atoms with E-state index in [9.17, 15) is 5.11 Å². The fraction of sp³-hybridized carbons (Fsp3) is 0.0200. The molecule has 8 aromatic carbocycles. The fourth-order valence-corrected chi connectivity index (χ4v) is 12.3. The number of hydrogen-bond donors (Lipinski definition) is 3. The lowest BCUT2D eigenvalue weighted by atomic mass is 9.97. The van der Waals surface area contributed by atoms with E-state index in [-0.39, 0.29) is 5.75 Å². The van der Waals surface area contributed by atoms with Gasteiger partial charge in [-0.2, -0.15) is 0 Å². The Labute approximate surface area is 324 Å². The van der Waals surface area contributed by atoms with Gasteiger partial charge in [-0.15, -0.1) is 0 Å². The summed E-state index contributed by atoms with van der Waals surface area (Å²) >= 11 is 0. The molecule has 0 radical (unpaired) electrons. The van der Waals surface area contributed by atoms with Gasteiger partial charge in [0.05, 0.1) is 0 Å². The van der Waals surface area contributed by atoms with Crippen LogP contribution in [-0.4, -0.2) is 19.4 Å². The van der Waals surface area contributed by atoms with Gasteiger partial charge in [-0.05, 0) is 67.3 Å². The maximum atomic E-state index is 10.9. The smallest absolute Gasteiger partial charge is 0.179 e. The minimum atomic E-state index is -2.76. The van der Waals surface area contributed by atoms with Crippen LogP contribution < -0.4 is 31.8 Å². The van der Waals surface area contributed by atoms with Crippen LogP contribution in [0, 0.1) is 0 Å². The Morgan fingerprint density at radius 3 is 1.67 bits per heavy atom. The van der Waals surface area contributed by atoms with Crippen molar-refractivity contribution in [2.24, 2.45) is 10.7 Å². The number of nitrogens with zero attached hydrogens (tertiary/aromatic N) is 1. The predicted molar refractivity (Wildman–Crippen MR) is 233 cm³/mol. The number of aromatic hydroxyl groups is 1. The molecule has 0 bridgehead atoms. The molecule has 0 fully saturated rings. The van der Waals surface area contributed by atoms with Crippen LogP contribution in [0.1, 0.15) is 17.3 Å². The minimum Gasteiger partial charge on any atom is -0.507 e. The molecule has 4 N–H and O–H groups in total. The molecule has 0 spiro atoms. The Hall–Kier alpha value is -6.79. The van der Waals surface area contributed by atoms with E-state index in [0.29, 0.717) is 0 Å². The Morgan fingerprint density at radius 2 is 1.04 bits per heavy atom. The molecule has 266 valence electrons. The van der Waals surface area contributed by atoms with Gasteiger partial charge in [-0.3, -0.25) is 4.99 Å². The maximum Gasteiger partial charge on any atom is 0.179 e. The van der Waals surface area contributed by atoms with E-state index in [4.69, 9.17) is 5.73 Å². The molecule has 1 unspecified atom stereocenters. The summed E-state index contributed by atoms with van der Waals surface area (Å²) in [5, 5.41) is 19.9. The molecule has 0 aliphatic rings. The van der Waals surface area contributed by atoms with Gasteiger partial charge in [0.25, 0.3) is 0 Å². The Bertz CT molecular complexity index is 2440. The molecule has 0 amide bonds. The van der Waals surface area contributed by atoms with Crippen molar-refractivity contribution in [3.8, 4) is 28.0 Å². The highest BCUT2D eigenvalue weighted by Crippen LogP contribution is 2.37. The quantitative estimate of drug-likeness (QED) is 0.0708. The lowest BCUT2D eigenvalue weighted by Crippen LogP contribution is -2.74. The highest BCUT2D eigenvalue weighted by atomic mass is 28.3. The second kappa shape index (κ2) is 16.1. The molecule has 0 aliphatic carbocycles. The first-order valence-corrected chi connectivity index (χ1v) is 20.5. The number of phenolic OH excluding ortho intramolecular Hbond substituents is 1. The molecule has 0 saturated carbocycles. The highest BCUT2D eigenvalue weighted by Gasteiger charge is 2.41. The largest absolute Gasteiger partial charge is 0.507 e. The number of nitrogens with one attached hydrogen (secondary N) is 1. The zero-order valence-electron chi connectivity index (χ0n) is 30.3. The van der Waals surface area contributed by atoms with E-state index >= 15 is 0 Å². The zero-order valence-corrected chi connectivity index (χ0v) is 31.3. The van der Waals surface area contributed by atoms with E-state index < -0.39 is 14.2 Å². The van der Waals surface area contributed by atoms with E-state index in [1.807, 2.05) is 66.9 Å². The summed E-state index contributed by atoms with van der Waals surface area (Å²) in [6.07, 6.45) is 1.37. The van der Waals surface area contributed by atoms with Gasteiger partial charge < -0.3 is 16.2 Å². The van der Waals surface area contributed by atoms with Crippen molar-refractivity contribution in [1.82, 2.24) is 0 Å². The zero-order chi connectivity index (χ0) is 37.5. The maximum absolute atomic E-state index is 10.9. The topological polar surface area (TPSA) is 70.6 Å². The number of aliphatic imine (C=N–C) groups is 1. The van der Waals surface area contributed by atoms with Gasteiger partial charge in [0.15, 0.2) is 8.07 Å². The van der Waals surface area contributed by atoms with Crippen molar-refractivity contribution in [2.75, 3.05) is 5.32 Å². The number of phenols is 1. The molecular weight excluding hydrogens is 687 g/mol. The summed E-state index contributed by atoms with van der Waals surface area (Å²) in [6, 6.07) is 73.9. The molecule has 4 nitrogen and oxygen atoms in total.